The van der Waals surface area contributed by atoms with Crippen molar-refractivity contribution in [3.63, 3.8) is 0 Å². The number of hydrogen-bond donors (Lipinski definition) is 1. The minimum atomic E-state index is -0.386. The monoisotopic (exact) mass is 430 g/mol. The highest BCUT2D eigenvalue weighted by Gasteiger charge is 2.53. The van der Waals surface area contributed by atoms with Crippen LogP contribution in [-0.2, 0) is 6.54 Å². The van der Waals surface area contributed by atoms with Gasteiger partial charge in [0.2, 0.25) is 0 Å². The largest absolute Gasteiger partial charge is 0.369 e. The molecule has 2 aromatic rings. The predicted molar refractivity (Wildman–Crippen MR) is 130 cm³/mol. The number of hydrogen-bond acceptors (Lipinski definition) is 3. The van der Waals surface area contributed by atoms with Crippen LogP contribution in [0.2, 0.25) is 0 Å². The standard InChI is InChI=1S/C27H34N4O/c1-21-19-27(17-18-30(21)20-22-11-5-2-6-12-22)25(28-23-13-7-3-8-14-23)29-26(32)31(27)24-15-9-4-10-16-24/h2,4-6,9-12,15-16,21,23H,3,7-8,13-14,17-20H2,1H3,(H,28,29,32). The molecule has 2 aliphatic heterocycles. The fourth-order valence-electron chi connectivity index (χ4n) is 5.82. The summed E-state index contributed by atoms with van der Waals surface area (Å²) >= 11 is 0. The molecule has 5 rings (SSSR count). The van der Waals surface area contributed by atoms with Crippen LogP contribution in [0, 0.1) is 0 Å². The Morgan fingerprint density at radius 3 is 2.38 bits per heavy atom. The quantitative estimate of drug-likeness (QED) is 0.709. The van der Waals surface area contributed by atoms with Crippen LogP contribution in [0.4, 0.5) is 10.5 Å². The third-order valence-corrected chi connectivity index (χ3v) is 7.53. The van der Waals surface area contributed by atoms with Gasteiger partial charge in [0.15, 0.2) is 0 Å². The van der Waals surface area contributed by atoms with E-state index < -0.39 is 0 Å². The van der Waals surface area contributed by atoms with E-state index in [9.17, 15) is 4.79 Å². The zero-order valence-corrected chi connectivity index (χ0v) is 19.0. The van der Waals surface area contributed by atoms with Crippen molar-refractivity contribution in [1.29, 1.82) is 0 Å². The Labute approximate surface area is 191 Å². The Hall–Kier alpha value is -2.66. The lowest BCUT2D eigenvalue weighted by Gasteiger charge is -2.48. The van der Waals surface area contributed by atoms with E-state index in [2.05, 4.69) is 52.5 Å². The second kappa shape index (κ2) is 9.07. The van der Waals surface area contributed by atoms with Gasteiger partial charge in [-0.2, -0.15) is 4.99 Å². The van der Waals surface area contributed by atoms with Crippen molar-refractivity contribution in [2.75, 3.05) is 11.4 Å². The molecule has 32 heavy (non-hydrogen) atoms. The average Bonchev–Trinajstić information content (AvgIpc) is 3.08. The fraction of sp³-hybridized carbons (Fsp3) is 0.481. The molecule has 2 aromatic carbocycles. The summed E-state index contributed by atoms with van der Waals surface area (Å²) in [5.74, 6) is 0.907. The second-order valence-electron chi connectivity index (χ2n) is 9.68. The summed E-state index contributed by atoms with van der Waals surface area (Å²) in [4.78, 5) is 22.4. The molecule has 2 atom stereocenters. The van der Waals surface area contributed by atoms with E-state index in [0.717, 1.165) is 37.5 Å². The Morgan fingerprint density at radius 1 is 1.00 bits per heavy atom. The molecule has 1 saturated carbocycles. The lowest BCUT2D eigenvalue weighted by Crippen LogP contribution is -2.63. The number of amides is 2. The van der Waals surface area contributed by atoms with E-state index in [0.29, 0.717) is 12.1 Å². The van der Waals surface area contributed by atoms with Crippen molar-refractivity contribution in [2.24, 2.45) is 4.99 Å². The Bertz CT molecular complexity index is 954. The molecule has 5 heteroatoms. The van der Waals surface area contributed by atoms with E-state index in [1.807, 2.05) is 35.2 Å². The SMILES string of the molecule is CC1CC2(CCN1Cc1ccccc1)C(NC1CCCCC1)=NC(=O)N2c1ccccc1. The van der Waals surface area contributed by atoms with Gasteiger partial charge in [0.05, 0.1) is 0 Å². The zero-order chi connectivity index (χ0) is 22.0. The summed E-state index contributed by atoms with van der Waals surface area (Å²) < 4.78 is 0. The summed E-state index contributed by atoms with van der Waals surface area (Å²) in [6.07, 6.45) is 7.96. The summed E-state index contributed by atoms with van der Waals surface area (Å²) in [7, 11) is 0. The van der Waals surface area contributed by atoms with Gasteiger partial charge in [0.25, 0.3) is 0 Å². The van der Waals surface area contributed by atoms with Crippen LogP contribution in [0.5, 0.6) is 0 Å². The van der Waals surface area contributed by atoms with Crippen molar-refractivity contribution in [1.82, 2.24) is 10.2 Å². The first kappa shape index (κ1) is 21.2. The lowest BCUT2D eigenvalue weighted by atomic mass is 9.80. The molecule has 5 nitrogen and oxygen atoms in total. The molecule has 3 aliphatic rings. The van der Waals surface area contributed by atoms with Crippen LogP contribution >= 0.6 is 0 Å². The molecule has 0 aromatic heterocycles. The molecule has 2 fully saturated rings. The number of aliphatic imine (C=N–C) groups is 1. The molecule has 1 saturated heterocycles. The number of likely N-dealkylation sites (tertiary alicyclic amines) is 1. The molecule has 1 spiro atoms. The first-order chi connectivity index (χ1) is 15.7. The minimum absolute atomic E-state index is 0.127. The number of anilines is 1. The molecule has 1 aliphatic carbocycles. The van der Waals surface area contributed by atoms with Crippen LogP contribution in [0.3, 0.4) is 0 Å². The molecule has 2 amide bonds. The summed E-state index contributed by atoms with van der Waals surface area (Å²) in [5, 5.41) is 3.76. The van der Waals surface area contributed by atoms with Gasteiger partial charge in [-0.25, -0.2) is 4.79 Å². The number of urea groups is 1. The van der Waals surface area contributed by atoms with Crippen LogP contribution in [0.25, 0.3) is 0 Å². The number of piperidine rings is 1. The molecule has 0 radical (unpaired) electrons. The van der Waals surface area contributed by atoms with E-state index in [1.54, 1.807) is 0 Å². The number of carbonyl (C=O) groups excluding carboxylic acids is 1. The lowest BCUT2D eigenvalue weighted by molar-refractivity contribution is 0.122. The van der Waals surface area contributed by atoms with Crippen molar-refractivity contribution in [2.45, 2.75) is 76.0 Å². The molecule has 2 unspecified atom stereocenters. The van der Waals surface area contributed by atoms with Crippen LogP contribution in [0.1, 0.15) is 57.4 Å². The Morgan fingerprint density at radius 2 is 1.69 bits per heavy atom. The molecule has 168 valence electrons. The summed E-state index contributed by atoms with van der Waals surface area (Å²) in [6.45, 7) is 4.19. The number of nitrogens with one attached hydrogen (secondary N) is 1. The van der Waals surface area contributed by atoms with Crippen molar-refractivity contribution in [3.8, 4) is 0 Å². The molecular weight excluding hydrogens is 396 g/mol. The van der Waals surface area contributed by atoms with Gasteiger partial charge < -0.3 is 5.32 Å². The number of rotatable bonds is 4. The van der Waals surface area contributed by atoms with Gasteiger partial charge >= 0.3 is 6.03 Å². The van der Waals surface area contributed by atoms with Crippen molar-refractivity contribution >= 4 is 17.6 Å². The van der Waals surface area contributed by atoms with Gasteiger partial charge in [-0.1, -0.05) is 67.8 Å². The van der Waals surface area contributed by atoms with Crippen LogP contribution in [-0.4, -0.2) is 40.9 Å². The Balaban J connectivity index is 1.42. The third-order valence-electron chi connectivity index (χ3n) is 7.53. The highest BCUT2D eigenvalue weighted by molar-refractivity contribution is 6.16. The minimum Gasteiger partial charge on any atom is -0.369 e. The van der Waals surface area contributed by atoms with Gasteiger partial charge in [-0.05, 0) is 50.3 Å². The van der Waals surface area contributed by atoms with Gasteiger partial charge in [-0.15, -0.1) is 0 Å². The molecule has 0 bridgehead atoms. The third kappa shape index (κ3) is 4.06. The first-order valence-corrected chi connectivity index (χ1v) is 12.2. The topological polar surface area (TPSA) is 47.9 Å². The fourth-order valence-corrected chi connectivity index (χ4v) is 5.82. The van der Waals surface area contributed by atoms with Gasteiger partial charge in [-0.3, -0.25) is 9.80 Å². The Kier molecular flexibility index (Phi) is 6.01. The average molecular weight is 431 g/mol. The zero-order valence-electron chi connectivity index (χ0n) is 19.0. The highest BCUT2D eigenvalue weighted by atomic mass is 16.2. The van der Waals surface area contributed by atoms with E-state index >= 15 is 0 Å². The van der Waals surface area contributed by atoms with Crippen molar-refractivity contribution in [3.05, 3.63) is 66.2 Å². The van der Waals surface area contributed by atoms with Crippen LogP contribution < -0.4 is 10.2 Å². The highest BCUT2D eigenvalue weighted by Crippen LogP contribution is 2.41. The maximum Gasteiger partial charge on any atom is 0.350 e. The number of carbonyl (C=O) groups is 1. The van der Waals surface area contributed by atoms with Crippen LogP contribution in [0.15, 0.2) is 65.7 Å². The van der Waals surface area contributed by atoms with Gasteiger partial charge in [0.1, 0.15) is 11.4 Å². The smallest absolute Gasteiger partial charge is 0.350 e. The molecular formula is C27H34N4O. The van der Waals surface area contributed by atoms with Crippen molar-refractivity contribution < 1.29 is 4.79 Å². The number of nitrogens with zero attached hydrogens (tertiary/aromatic N) is 3. The first-order valence-electron chi connectivity index (χ1n) is 12.2. The number of amidine groups is 1. The number of benzene rings is 2. The second-order valence-corrected chi connectivity index (χ2v) is 9.68. The maximum absolute atomic E-state index is 13.3. The summed E-state index contributed by atoms with van der Waals surface area (Å²) in [6, 6.07) is 21.4. The van der Waals surface area contributed by atoms with E-state index in [-0.39, 0.29) is 11.6 Å². The molecule has 1 N–H and O–H groups in total. The summed E-state index contributed by atoms with van der Waals surface area (Å²) in [5.41, 5.74) is 1.90. The number of para-hydroxylation sites is 1. The van der Waals surface area contributed by atoms with Gasteiger partial charge in [0, 0.05) is 30.9 Å². The maximum atomic E-state index is 13.3. The predicted octanol–water partition coefficient (Wildman–Crippen LogP) is 5.37. The normalized spacial score (nSPS) is 27.0. The molecule has 2 heterocycles. The van der Waals surface area contributed by atoms with E-state index in [4.69, 9.17) is 0 Å². The van der Waals surface area contributed by atoms with E-state index in [1.165, 1.54) is 37.7 Å².